The summed E-state index contributed by atoms with van der Waals surface area (Å²) >= 11 is 0. The van der Waals surface area contributed by atoms with Gasteiger partial charge < -0.3 is 9.64 Å². The average Bonchev–Trinajstić information content (AvgIpc) is 2.99. The Balaban J connectivity index is 1.82. The van der Waals surface area contributed by atoms with Crippen molar-refractivity contribution in [3.05, 3.63) is 35.9 Å². The Bertz CT molecular complexity index is 584. The monoisotopic (exact) mass is 329 g/mol. The zero-order valence-corrected chi connectivity index (χ0v) is 14.6. The topological polar surface area (TPSA) is 46.6 Å². The molecule has 3 unspecified atom stereocenters. The van der Waals surface area contributed by atoms with Crippen LogP contribution < -0.4 is 0 Å². The number of hydrogen-bond acceptors (Lipinski definition) is 3. The molecule has 1 aliphatic heterocycles. The second-order valence-electron chi connectivity index (χ2n) is 7.47. The molecule has 0 N–H and O–H groups in total. The Morgan fingerprint density at radius 2 is 1.88 bits per heavy atom. The maximum Gasteiger partial charge on any atom is 0.328 e. The highest BCUT2D eigenvalue weighted by Gasteiger charge is 2.48. The van der Waals surface area contributed by atoms with Crippen molar-refractivity contribution in [3.8, 4) is 0 Å². The van der Waals surface area contributed by atoms with E-state index < -0.39 is 6.04 Å². The zero-order valence-electron chi connectivity index (χ0n) is 14.6. The zero-order chi connectivity index (χ0) is 17.1. The van der Waals surface area contributed by atoms with Crippen molar-refractivity contribution in [2.24, 2.45) is 11.8 Å². The fourth-order valence-corrected chi connectivity index (χ4v) is 4.04. The van der Waals surface area contributed by atoms with Gasteiger partial charge in [-0.3, -0.25) is 4.79 Å². The highest BCUT2D eigenvalue weighted by atomic mass is 16.5. The van der Waals surface area contributed by atoms with Crippen LogP contribution in [-0.2, 0) is 9.53 Å². The van der Waals surface area contributed by atoms with Crippen molar-refractivity contribution < 1.29 is 14.3 Å². The first kappa shape index (κ1) is 17.0. The lowest BCUT2D eigenvalue weighted by molar-refractivity contribution is -0.149. The van der Waals surface area contributed by atoms with Gasteiger partial charge in [-0.05, 0) is 43.2 Å². The molecule has 1 aliphatic carbocycles. The molecule has 4 nitrogen and oxygen atoms in total. The van der Waals surface area contributed by atoms with E-state index in [4.69, 9.17) is 4.74 Å². The van der Waals surface area contributed by atoms with Crippen LogP contribution >= 0.6 is 0 Å². The normalized spacial score (nSPS) is 26.3. The number of carbonyl (C=O) groups is 2. The maximum atomic E-state index is 13.1. The third-order valence-electron chi connectivity index (χ3n) is 5.17. The molecular formula is C20H27NO3. The molecule has 4 heteroatoms. The number of nitrogens with zero attached hydrogens (tertiary/aromatic N) is 1. The first-order valence-corrected chi connectivity index (χ1v) is 9.12. The number of rotatable bonds is 4. The van der Waals surface area contributed by atoms with Crippen molar-refractivity contribution in [1.29, 1.82) is 0 Å². The highest BCUT2D eigenvalue weighted by molar-refractivity contribution is 5.97. The van der Waals surface area contributed by atoms with E-state index in [1.165, 1.54) is 6.42 Å². The van der Waals surface area contributed by atoms with E-state index in [1.54, 1.807) is 0 Å². The largest absolute Gasteiger partial charge is 0.464 e. The molecule has 2 fully saturated rings. The molecule has 1 amide bonds. The minimum absolute atomic E-state index is 0.0310. The molecule has 0 spiro atoms. The molecule has 0 radical (unpaired) electrons. The minimum Gasteiger partial charge on any atom is -0.464 e. The molecule has 3 atom stereocenters. The smallest absolute Gasteiger partial charge is 0.328 e. The number of carbonyl (C=O) groups excluding carboxylic acids is 2. The summed E-state index contributed by atoms with van der Waals surface area (Å²) in [7, 11) is 0. The summed E-state index contributed by atoms with van der Waals surface area (Å²) in [5.41, 5.74) is 0.658. The summed E-state index contributed by atoms with van der Waals surface area (Å²) in [6, 6.07) is 9.05. The lowest BCUT2D eigenvalue weighted by atomic mass is 9.84. The van der Waals surface area contributed by atoms with E-state index in [0.29, 0.717) is 24.0 Å². The summed E-state index contributed by atoms with van der Waals surface area (Å²) in [4.78, 5) is 27.5. The molecule has 0 bridgehead atoms. The van der Waals surface area contributed by atoms with Crippen LogP contribution in [-0.4, -0.2) is 35.5 Å². The molecule has 3 rings (SSSR count). The fourth-order valence-electron chi connectivity index (χ4n) is 4.04. The molecule has 1 aromatic rings. The van der Waals surface area contributed by atoms with Crippen LogP contribution in [0.2, 0.25) is 0 Å². The van der Waals surface area contributed by atoms with E-state index in [2.05, 4.69) is 0 Å². The Kier molecular flexibility index (Phi) is 5.22. The van der Waals surface area contributed by atoms with Crippen LogP contribution in [0.4, 0.5) is 0 Å². The second-order valence-corrected chi connectivity index (χ2v) is 7.47. The van der Waals surface area contributed by atoms with E-state index in [9.17, 15) is 9.59 Å². The predicted molar refractivity (Wildman–Crippen MR) is 92.6 cm³/mol. The summed E-state index contributed by atoms with van der Waals surface area (Å²) in [6.07, 6.45) is 5.18. The van der Waals surface area contributed by atoms with Crippen molar-refractivity contribution in [2.45, 2.75) is 58.0 Å². The first-order chi connectivity index (χ1) is 11.6. The number of esters is 1. The van der Waals surface area contributed by atoms with Gasteiger partial charge in [0, 0.05) is 11.6 Å². The summed E-state index contributed by atoms with van der Waals surface area (Å²) < 4.78 is 5.48. The van der Waals surface area contributed by atoms with Gasteiger partial charge in [0.2, 0.25) is 0 Å². The van der Waals surface area contributed by atoms with Gasteiger partial charge in [0.05, 0.1) is 6.61 Å². The Hall–Kier alpha value is -1.84. The second kappa shape index (κ2) is 7.37. The van der Waals surface area contributed by atoms with Crippen molar-refractivity contribution >= 4 is 11.9 Å². The van der Waals surface area contributed by atoms with E-state index >= 15 is 0 Å². The fraction of sp³-hybridized carbons (Fsp3) is 0.600. The first-order valence-electron chi connectivity index (χ1n) is 9.12. The molecule has 1 saturated heterocycles. The standard InChI is InChI=1S/C20H27NO3/c1-14(2)13-24-20(23)18-12-16-10-6-7-11-17(16)21(18)19(22)15-8-4-3-5-9-15/h3-5,8-9,14,16-18H,6-7,10-13H2,1-2H3. The van der Waals surface area contributed by atoms with Gasteiger partial charge in [-0.1, -0.05) is 44.9 Å². The number of fused-ring (bicyclic) bond motifs is 1. The van der Waals surface area contributed by atoms with Crippen molar-refractivity contribution in [3.63, 3.8) is 0 Å². The average molecular weight is 329 g/mol. The Labute approximate surface area is 144 Å². The number of benzene rings is 1. The SMILES string of the molecule is CC(C)COC(=O)C1CC2CCCCC2N1C(=O)c1ccccc1. The Morgan fingerprint density at radius 1 is 1.17 bits per heavy atom. The number of ether oxygens (including phenoxy) is 1. The molecule has 130 valence electrons. The molecule has 2 aliphatic rings. The molecule has 1 saturated carbocycles. The van der Waals surface area contributed by atoms with Gasteiger partial charge in [-0.2, -0.15) is 0 Å². The van der Waals surface area contributed by atoms with Crippen LogP contribution in [0.1, 0.15) is 56.3 Å². The van der Waals surface area contributed by atoms with E-state index in [0.717, 1.165) is 25.7 Å². The van der Waals surface area contributed by atoms with Gasteiger partial charge in [0.25, 0.3) is 5.91 Å². The van der Waals surface area contributed by atoms with Gasteiger partial charge in [-0.15, -0.1) is 0 Å². The maximum absolute atomic E-state index is 13.1. The predicted octanol–water partition coefficient (Wildman–Crippen LogP) is 3.66. The van der Waals surface area contributed by atoms with E-state index in [1.807, 2.05) is 49.1 Å². The Morgan fingerprint density at radius 3 is 2.58 bits per heavy atom. The summed E-state index contributed by atoms with van der Waals surface area (Å²) in [6.45, 7) is 4.46. The quantitative estimate of drug-likeness (QED) is 0.792. The lowest BCUT2D eigenvalue weighted by Crippen LogP contribution is -2.46. The summed E-state index contributed by atoms with van der Waals surface area (Å²) in [5, 5.41) is 0. The van der Waals surface area contributed by atoms with Crippen LogP contribution in [0, 0.1) is 11.8 Å². The molecule has 1 aromatic carbocycles. The van der Waals surface area contributed by atoms with Gasteiger partial charge in [-0.25, -0.2) is 4.79 Å². The van der Waals surface area contributed by atoms with Gasteiger partial charge >= 0.3 is 5.97 Å². The van der Waals surface area contributed by atoms with E-state index in [-0.39, 0.29) is 17.9 Å². The van der Waals surface area contributed by atoms with Crippen LogP contribution in [0.25, 0.3) is 0 Å². The third kappa shape index (κ3) is 3.47. The van der Waals surface area contributed by atoms with Crippen LogP contribution in [0.3, 0.4) is 0 Å². The van der Waals surface area contributed by atoms with Crippen molar-refractivity contribution in [2.75, 3.05) is 6.61 Å². The number of amides is 1. The molecular weight excluding hydrogens is 302 g/mol. The van der Waals surface area contributed by atoms with Crippen LogP contribution in [0.5, 0.6) is 0 Å². The summed E-state index contributed by atoms with van der Waals surface area (Å²) in [5.74, 6) is 0.470. The number of likely N-dealkylation sites (tertiary alicyclic amines) is 1. The third-order valence-corrected chi connectivity index (χ3v) is 5.17. The van der Waals surface area contributed by atoms with Gasteiger partial charge in [0.1, 0.15) is 6.04 Å². The molecule has 0 aromatic heterocycles. The van der Waals surface area contributed by atoms with Crippen LogP contribution in [0.15, 0.2) is 30.3 Å². The van der Waals surface area contributed by atoms with Crippen molar-refractivity contribution in [1.82, 2.24) is 4.90 Å². The van der Waals surface area contributed by atoms with Gasteiger partial charge in [0.15, 0.2) is 0 Å². The minimum atomic E-state index is -0.426. The molecule has 1 heterocycles. The lowest BCUT2D eigenvalue weighted by Gasteiger charge is -2.33. The number of hydrogen-bond donors (Lipinski definition) is 0. The molecule has 24 heavy (non-hydrogen) atoms. The highest BCUT2D eigenvalue weighted by Crippen LogP contribution is 2.40.